The summed E-state index contributed by atoms with van der Waals surface area (Å²) in [5.41, 5.74) is 11.7. The van der Waals surface area contributed by atoms with Gasteiger partial charge in [-0.1, -0.05) is 0 Å². The Hall–Kier alpha value is -4.29. The van der Waals surface area contributed by atoms with Crippen LogP contribution in [0.2, 0.25) is 0 Å². The number of hydrogen-bond acceptors (Lipinski definition) is 9. The number of amides is 2. The van der Waals surface area contributed by atoms with Gasteiger partial charge in [-0.15, -0.1) is 0 Å². The minimum Gasteiger partial charge on any atom is -0.480 e. The first-order valence-corrected chi connectivity index (χ1v) is 9.80. The molecule has 2 aromatic rings. The molecule has 0 radical (unpaired) electrons. The zero-order chi connectivity index (χ0) is 23.3. The first-order chi connectivity index (χ1) is 15.3. The van der Waals surface area contributed by atoms with Crippen LogP contribution in [0.1, 0.15) is 23.2 Å². The van der Waals surface area contributed by atoms with Crippen LogP contribution in [0.4, 0.5) is 23.1 Å². The number of nitrogens with zero attached hydrogens (tertiary/aromatic N) is 2. The fourth-order valence-electron chi connectivity index (χ4n) is 3.14. The minimum absolute atomic E-state index is 0.0455. The molecule has 0 fully saturated rings. The Bertz CT molecular complexity index is 1080. The molecule has 170 valence electrons. The van der Waals surface area contributed by atoms with Crippen LogP contribution in [0.3, 0.4) is 0 Å². The van der Waals surface area contributed by atoms with E-state index in [1.807, 2.05) is 0 Å². The highest BCUT2D eigenvalue weighted by Crippen LogP contribution is 2.22. The summed E-state index contributed by atoms with van der Waals surface area (Å²) in [6.07, 6.45) is -0.255. The molecule has 0 unspecified atom stereocenters. The number of fused-ring (bicyclic) bond motifs is 1. The number of nitrogens with two attached hydrogens (primary N) is 2. The Morgan fingerprint density at radius 1 is 1.19 bits per heavy atom. The molecule has 1 aromatic carbocycles. The molecule has 1 aliphatic heterocycles. The van der Waals surface area contributed by atoms with Gasteiger partial charge in [0.2, 0.25) is 11.9 Å². The third-order valence-corrected chi connectivity index (χ3v) is 4.80. The molecular weight excluding hydrogens is 420 g/mol. The number of rotatable bonds is 9. The number of nitrogens with one attached hydrogen (secondary N) is 4. The summed E-state index contributed by atoms with van der Waals surface area (Å²) in [6.45, 7) is 1.42. The largest absolute Gasteiger partial charge is 0.480 e. The van der Waals surface area contributed by atoms with E-state index in [9.17, 15) is 24.3 Å². The predicted molar refractivity (Wildman–Crippen MR) is 117 cm³/mol. The maximum Gasteiger partial charge on any atom is 0.326 e. The number of nitrogen functional groups attached to an aromatic ring is 1. The van der Waals surface area contributed by atoms with E-state index in [0.717, 1.165) is 0 Å². The smallest absolute Gasteiger partial charge is 0.326 e. The molecule has 1 aliphatic rings. The summed E-state index contributed by atoms with van der Waals surface area (Å²) >= 11 is 0. The van der Waals surface area contributed by atoms with Crippen LogP contribution >= 0.6 is 0 Å². The van der Waals surface area contributed by atoms with E-state index < -0.39 is 29.4 Å². The fraction of sp³-hybridized carbons (Fsp3) is 0.316. The summed E-state index contributed by atoms with van der Waals surface area (Å²) < 4.78 is 1.61. The second-order valence-electron chi connectivity index (χ2n) is 7.06. The molecule has 0 aliphatic carbocycles. The van der Waals surface area contributed by atoms with Crippen molar-refractivity contribution < 1.29 is 19.5 Å². The van der Waals surface area contributed by atoms with Crippen molar-refractivity contribution in [1.82, 2.24) is 14.9 Å². The average Bonchev–Trinajstić information content (AvgIpc) is 2.76. The van der Waals surface area contributed by atoms with Gasteiger partial charge in [0.05, 0.1) is 6.67 Å². The summed E-state index contributed by atoms with van der Waals surface area (Å²) in [6, 6.07) is 5.09. The lowest BCUT2D eigenvalue weighted by atomic mass is 10.1. The molecule has 2 amide bonds. The molecule has 32 heavy (non-hydrogen) atoms. The fourth-order valence-corrected chi connectivity index (χ4v) is 3.14. The van der Waals surface area contributed by atoms with E-state index in [1.165, 1.54) is 12.1 Å². The summed E-state index contributed by atoms with van der Waals surface area (Å²) in [7, 11) is 0. The van der Waals surface area contributed by atoms with Crippen molar-refractivity contribution in [2.24, 2.45) is 5.73 Å². The first kappa shape index (κ1) is 22.4. The Balaban J connectivity index is 1.65. The molecular formula is C19H24N8O5. The number of primary amides is 1. The molecule has 1 aromatic heterocycles. The number of carboxylic acids is 1. The lowest BCUT2D eigenvalue weighted by Gasteiger charge is -2.24. The number of carbonyl (C=O) groups is 3. The molecule has 13 heteroatoms. The van der Waals surface area contributed by atoms with Crippen molar-refractivity contribution >= 4 is 40.9 Å². The molecule has 2 heterocycles. The van der Waals surface area contributed by atoms with Crippen LogP contribution in [0, 0.1) is 0 Å². The summed E-state index contributed by atoms with van der Waals surface area (Å²) in [5, 5.41) is 20.8. The molecule has 9 N–H and O–H groups in total. The second-order valence-corrected chi connectivity index (χ2v) is 7.06. The maximum atomic E-state index is 12.3. The van der Waals surface area contributed by atoms with Crippen molar-refractivity contribution in [3.05, 3.63) is 40.2 Å². The highest BCUT2D eigenvalue weighted by Gasteiger charge is 2.21. The quantitative estimate of drug-likeness (QED) is 0.256. The number of benzene rings is 1. The normalized spacial score (nSPS) is 13.1. The Labute approximate surface area is 182 Å². The van der Waals surface area contributed by atoms with Gasteiger partial charge in [-0.3, -0.25) is 19.0 Å². The van der Waals surface area contributed by atoms with E-state index in [1.54, 1.807) is 16.7 Å². The number of carbonyl (C=O) groups excluding carboxylic acids is 2. The number of aliphatic carboxylic acids is 1. The van der Waals surface area contributed by atoms with Crippen molar-refractivity contribution in [2.75, 3.05) is 34.8 Å². The Morgan fingerprint density at radius 3 is 2.53 bits per heavy atom. The Morgan fingerprint density at radius 2 is 1.88 bits per heavy atom. The number of carboxylic acid groups (broad SMARTS) is 1. The third kappa shape index (κ3) is 5.24. The van der Waals surface area contributed by atoms with Crippen LogP contribution in [-0.4, -0.2) is 51.6 Å². The van der Waals surface area contributed by atoms with Gasteiger partial charge in [0.25, 0.3) is 11.5 Å². The highest BCUT2D eigenvalue weighted by molar-refractivity contribution is 5.97. The van der Waals surface area contributed by atoms with E-state index >= 15 is 0 Å². The standard InChI is InChI=1S/C19H24N8O5/c20-13(28)6-5-12(18(31)32)25-16(29)10-1-3-11(4-2-10)24-9-27-15-14(22-7-8-23-15)17(30)26-19(27)21/h1-4,12,22-24H,5-9H2,(H2,20,28)(H,25,29)(H,31,32)(H2,21,26,30)/t12-/m0/s1. The lowest BCUT2D eigenvalue weighted by Crippen LogP contribution is -2.41. The molecule has 0 spiro atoms. The highest BCUT2D eigenvalue weighted by atomic mass is 16.4. The van der Waals surface area contributed by atoms with Gasteiger partial charge < -0.3 is 37.8 Å². The number of anilines is 4. The van der Waals surface area contributed by atoms with E-state index in [4.69, 9.17) is 11.5 Å². The molecule has 0 saturated carbocycles. The van der Waals surface area contributed by atoms with Crippen molar-refractivity contribution in [2.45, 2.75) is 25.6 Å². The third-order valence-electron chi connectivity index (χ3n) is 4.80. The SMILES string of the molecule is NC(=O)CC[C@H](NC(=O)c1ccc(NCn2c(N)nc(=O)c3c2NCCN3)cc1)C(=O)O. The lowest BCUT2D eigenvalue weighted by molar-refractivity contribution is -0.139. The van der Waals surface area contributed by atoms with Gasteiger partial charge in [-0.2, -0.15) is 4.98 Å². The van der Waals surface area contributed by atoms with Crippen LogP contribution in [0.15, 0.2) is 29.1 Å². The predicted octanol–water partition coefficient (Wildman–Crippen LogP) is -0.819. The first-order valence-electron chi connectivity index (χ1n) is 9.80. The summed E-state index contributed by atoms with van der Waals surface area (Å²) in [4.78, 5) is 50.3. The number of hydrogen-bond donors (Lipinski definition) is 7. The van der Waals surface area contributed by atoms with Gasteiger partial charge in [0.15, 0.2) is 0 Å². The van der Waals surface area contributed by atoms with E-state index in [2.05, 4.69) is 26.3 Å². The molecule has 0 bridgehead atoms. The van der Waals surface area contributed by atoms with Crippen LogP contribution < -0.4 is 38.3 Å². The topological polar surface area (TPSA) is 206 Å². The van der Waals surface area contributed by atoms with Crippen LogP contribution in [-0.2, 0) is 16.3 Å². The summed E-state index contributed by atoms with van der Waals surface area (Å²) in [5.74, 6) is -1.91. The maximum absolute atomic E-state index is 12.3. The molecule has 13 nitrogen and oxygen atoms in total. The van der Waals surface area contributed by atoms with E-state index in [-0.39, 0.29) is 31.0 Å². The monoisotopic (exact) mass is 444 g/mol. The van der Waals surface area contributed by atoms with Gasteiger partial charge in [-0.25, -0.2) is 4.79 Å². The minimum atomic E-state index is -1.25. The second kappa shape index (κ2) is 9.68. The zero-order valence-corrected chi connectivity index (χ0v) is 17.1. The molecule has 0 saturated heterocycles. The average molecular weight is 444 g/mol. The van der Waals surface area contributed by atoms with Gasteiger partial charge >= 0.3 is 5.97 Å². The Kier molecular flexibility index (Phi) is 6.77. The van der Waals surface area contributed by atoms with Crippen molar-refractivity contribution in [1.29, 1.82) is 0 Å². The molecule has 3 rings (SSSR count). The van der Waals surface area contributed by atoms with Gasteiger partial charge in [-0.05, 0) is 30.7 Å². The van der Waals surface area contributed by atoms with Crippen LogP contribution in [0.5, 0.6) is 0 Å². The van der Waals surface area contributed by atoms with E-state index in [0.29, 0.717) is 30.3 Å². The van der Waals surface area contributed by atoms with Crippen molar-refractivity contribution in [3.63, 3.8) is 0 Å². The van der Waals surface area contributed by atoms with Crippen LogP contribution in [0.25, 0.3) is 0 Å². The van der Waals surface area contributed by atoms with Gasteiger partial charge in [0.1, 0.15) is 17.5 Å². The number of aromatic nitrogens is 2. The van der Waals surface area contributed by atoms with Gasteiger partial charge in [0, 0.05) is 30.8 Å². The molecule has 1 atom stereocenters. The van der Waals surface area contributed by atoms with Crippen molar-refractivity contribution in [3.8, 4) is 0 Å². The zero-order valence-electron chi connectivity index (χ0n) is 17.1.